The van der Waals surface area contributed by atoms with Crippen LogP contribution in [-0.4, -0.2) is 36.5 Å². The van der Waals surface area contributed by atoms with Crippen LogP contribution in [0.3, 0.4) is 0 Å². The summed E-state index contributed by atoms with van der Waals surface area (Å²) < 4.78 is 0. The van der Waals surface area contributed by atoms with E-state index in [1.807, 2.05) is 17.0 Å². The van der Waals surface area contributed by atoms with Crippen molar-refractivity contribution < 1.29 is 9.59 Å². The molecule has 0 bridgehead atoms. The van der Waals surface area contributed by atoms with E-state index in [1.54, 1.807) is 12.1 Å². The van der Waals surface area contributed by atoms with Crippen LogP contribution in [0.2, 0.25) is 0 Å². The van der Waals surface area contributed by atoms with Crippen LogP contribution in [0, 0.1) is 5.92 Å². The smallest absolute Gasteiger partial charge is 0.319 e. The largest absolute Gasteiger partial charge is 0.339 e. The Balaban J connectivity index is 1.52. The van der Waals surface area contributed by atoms with Gasteiger partial charge in [-0.2, -0.15) is 0 Å². The molecule has 1 aromatic carbocycles. The van der Waals surface area contributed by atoms with E-state index >= 15 is 0 Å². The highest BCUT2D eigenvalue weighted by atomic mass is 16.2. The SMILES string of the molecule is O=C(NCC1CC=CCC1)Nc1cccc(C(=O)N2CCCC2)c1. The molecule has 1 fully saturated rings. The first kappa shape index (κ1) is 16.6. The molecule has 1 aliphatic heterocycles. The number of hydrogen-bond acceptors (Lipinski definition) is 2. The Labute approximate surface area is 143 Å². The third-order valence-corrected chi connectivity index (χ3v) is 4.69. The van der Waals surface area contributed by atoms with Gasteiger partial charge in [0.2, 0.25) is 0 Å². The lowest BCUT2D eigenvalue weighted by atomic mass is 9.94. The molecule has 1 aromatic rings. The summed E-state index contributed by atoms with van der Waals surface area (Å²) in [6, 6.07) is 6.96. The van der Waals surface area contributed by atoms with Crippen molar-refractivity contribution in [2.24, 2.45) is 5.92 Å². The van der Waals surface area contributed by atoms with Crippen molar-refractivity contribution in [2.75, 3.05) is 25.0 Å². The van der Waals surface area contributed by atoms with E-state index in [9.17, 15) is 9.59 Å². The fourth-order valence-corrected chi connectivity index (χ4v) is 3.29. The summed E-state index contributed by atoms with van der Waals surface area (Å²) in [5.74, 6) is 0.564. The number of benzene rings is 1. The summed E-state index contributed by atoms with van der Waals surface area (Å²) >= 11 is 0. The van der Waals surface area contributed by atoms with Crippen molar-refractivity contribution in [3.8, 4) is 0 Å². The van der Waals surface area contributed by atoms with E-state index < -0.39 is 0 Å². The number of carbonyl (C=O) groups is 2. The van der Waals surface area contributed by atoms with Gasteiger partial charge in [-0.15, -0.1) is 0 Å². The van der Waals surface area contributed by atoms with Crippen LogP contribution in [0.15, 0.2) is 36.4 Å². The molecule has 24 heavy (non-hydrogen) atoms. The summed E-state index contributed by atoms with van der Waals surface area (Å²) in [6.45, 7) is 2.34. The van der Waals surface area contributed by atoms with Gasteiger partial charge in [-0.1, -0.05) is 18.2 Å². The number of hydrogen-bond donors (Lipinski definition) is 2. The highest BCUT2D eigenvalue weighted by Crippen LogP contribution is 2.18. The van der Waals surface area contributed by atoms with E-state index in [2.05, 4.69) is 22.8 Å². The molecule has 0 spiro atoms. The first-order valence-electron chi connectivity index (χ1n) is 8.81. The summed E-state index contributed by atoms with van der Waals surface area (Å²) in [7, 11) is 0. The van der Waals surface area contributed by atoms with Gasteiger partial charge in [0.1, 0.15) is 0 Å². The van der Waals surface area contributed by atoms with Gasteiger partial charge in [0, 0.05) is 30.9 Å². The maximum absolute atomic E-state index is 12.4. The van der Waals surface area contributed by atoms with Gasteiger partial charge in [0.05, 0.1) is 0 Å². The molecular weight excluding hydrogens is 302 g/mol. The predicted octanol–water partition coefficient (Wildman–Crippen LogP) is 3.40. The highest BCUT2D eigenvalue weighted by molar-refractivity contribution is 5.97. The fraction of sp³-hybridized carbons (Fsp3) is 0.474. The van der Waals surface area contributed by atoms with Crippen LogP contribution in [-0.2, 0) is 0 Å². The number of carbonyl (C=O) groups excluding carboxylic acids is 2. The van der Waals surface area contributed by atoms with Gasteiger partial charge in [0.15, 0.2) is 0 Å². The molecule has 3 amide bonds. The van der Waals surface area contributed by atoms with Gasteiger partial charge in [-0.25, -0.2) is 4.79 Å². The van der Waals surface area contributed by atoms with Crippen LogP contribution in [0.1, 0.15) is 42.5 Å². The highest BCUT2D eigenvalue weighted by Gasteiger charge is 2.19. The van der Waals surface area contributed by atoms with E-state index in [0.29, 0.717) is 23.7 Å². The predicted molar refractivity (Wildman–Crippen MR) is 95.1 cm³/mol. The Kier molecular flexibility index (Phi) is 5.51. The van der Waals surface area contributed by atoms with Crippen molar-refractivity contribution in [2.45, 2.75) is 32.1 Å². The number of nitrogens with zero attached hydrogens (tertiary/aromatic N) is 1. The number of rotatable bonds is 4. The molecular formula is C19H25N3O2. The lowest BCUT2D eigenvalue weighted by Crippen LogP contribution is -2.33. The number of amides is 3. The molecule has 1 unspecified atom stereocenters. The van der Waals surface area contributed by atoms with Gasteiger partial charge < -0.3 is 15.5 Å². The lowest BCUT2D eigenvalue weighted by Gasteiger charge is -2.18. The minimum atomic E-state index is -0.213. The summed E-state index contributed by atoms with van der Waals surface area (Å²) in [6.07, 6.45) is 9.76. The third-order valence-electron chi connectivity index (χ3n) is 4.69. The second-order valence-corrected chi connectivity index (χ2v) is 6.57. The first-order chi connectivity index (χ1) is 11.7. The number of allylic oxidation sites excluding steroid dienone is 2. The van der Waals surface area contributed by atoms with Crippen LogP contribution in [0.4, 0.5) is 10.5 Å². The van der Waals surface area contributed by atoms with Gasteiger partial charge in [-0.3, -0.25) is 4.79 Å². The molecule has 0 saturated carbocycles. The van der Waals surface area contributed by atoms with Gasteiger partial charge in [0.25, 0.3) is 5.91 Å². The topological polar surface area (TPSA) is 61.4 Å². The fourth-order valence-electron chi connectivity index (χ4n) is 3.29. The van der Waals surface area contributed by atoms with Crippen molar-refractivity contribution >= 4 is 17.6 Å². The second kappa shape index (κ2) is 7.99. The summed E-state index contributed by atoms with van der Waals surface area (Å²) in [4.78, 5) is 26.3. The molecule has 1 aliphatic carbocycles. The van der Waals surface area contributed by atoms with E-state index in [4.69, 9.17) is 0 Å². The second-order valence-electron chi connectivity index (χ2n) is 6.57. The summed E-state index contributed by atoms with van der Waals surface area (Å²) in [5.41, 5.74) is 1.29. The van der Waals surface area contributed by atoms with Crippen LogP contribution < -0.4 is 10.6 Å². The van der Waals surface area contributed by atoms with E-state index in [-0.39, 0.29) is 11.9 Å². The minimum absolute atomic E-state index is 0.0468. The molecule has 0 radical (unpaired) electrons. The Morgan fingerprint density at radius 1 is 1.17 bits per heavy atom. The molecule has 1 heterocycles. The number of likely N-dealkylation sites (tertiary alicyclic amines) is 1. The van der Waals surface area contributed by atoms with Crippen molar-refractivity contribution in [1.82, 2.24) is 10.2 Å². The minimum Gasteiger partial charge on any atom is -0.339 e. The first-order valence-corrected chi connectivity index (χ1v) is 8.81. The number of urea groups is 1. The molecule has 128 valence electrons. The molecule has 2 aliphatic rings. The zero-order valence-corrected chi connectivity index (χ0v) is 14.0. The lowest BCUT2D eigenvalue weighted by molar-refractivity contribution is 0.0793. The standard InChI is InChI=1S/C19H25N3O2/c23-18(22-11-4-5-12-22)16-9-6-10-17(13-16)21-19(24)20-14-15-7-2-1-3-8-15/h1-2,6,9-10,13,15H,3-5,7-8,11-12,14H2,(H2,20,21,24). The molecule has 0 aromatic heterocycles. The molecule has 3 rings (SSSR count). The van der Waals surface area contributed by atoms with Gasteiger partial charge >= 0.3 is 6.03 Å². The number of nitrogens with one attached hydrogen (secondary N) is 2. The average molecular weight is 327 g/mol. The van der Waals surface area contributed by atoms with E-state index in [0.717, 1.165) is 45.2 Å². The molecule has 5 heteroatoms. The van der Waals surface area contributed by atoms with Crippen molar-refractivity contribution in [3.05, 3.63) is 42.0 Å². The Hall–Kier alpha value is -2.30. The summed E-state index contributed by atoms with van der Waals surface area (Å²) in [5, 5.41) is 5.75. The van der Waals surface area contributed by atoms with Crippen molar-refractivity contribution in [1.29, 1.82) is 0 Å². The molecule has 5 nitrogen and oxygen atoms in total. The van der Waals surface area contributed by atoms with E-state index in [1.165, 1.54) is 0 Å². The monoisotopic (exact) mass is 327 g/mol. The zero-order chi connectivity index (χ0) is 16.8. The van der Waals surface area contributed by atoms with Crippen LogP contribution in [0.25, 0.3) is 0 Å². The van der Waals surface area contributed by atoms with Crippen LogP contribution in [0.5, 0.6) is 0 Å². The third kappa shape index (κ3) is 4.37. The Morgan fingerprint density at radius 3 is 2.75 bits per heavy atom. The Bertz CT molecular complexity index is 621. The molecule has 1 saturated heterocycles. The average Bonchev–Trinajstić information content (AvgIpc) is 3.15. The quantitative estimate of drug-likeness (QED) is 0.833. The van der Waals surface area contributed by atoms with Crippen LogP contribution >= 0.6 is 0 Å². The normalized spacial score (nSPS) is 20.0. The van der Waals surface area contributed by atoms with Gasteiger partial charge in [-0.05, 0) is 56.2 Å². The maximum Gasteiger partial charge on any atom is 0.319 e. The number of anilines is 1. The molecule has 1 atom stereocenters. The maximum atomic E-state index is 12.4. The Morgan fingerprint density at radius 2 is 2.00 bits per heavy atom. The zero-order valence-electron chi connectivity index (χ0n) is 14.0. The molecule has 2 N–H and O–H groups in total. The van der Waals surface area contributed by atoms with Crippen molar-refractivity contribution in [3.63, 3.8) is 0 Å².